The average Bonchev–Trinajstić information content (AvgIpc) is 2.70. The lowest BCUT2D eigenvalue weighted by atomic mass is 10.1. The fourth-order valence-electron chi connectivity index (χ4n) is 2.89. The van der Waals surface area contributed by atoms with Crippen molar-refractivity contribution < 1.29 is 23.7 Å². The van der Waals surface area contributed by atoms with Crippen LogP contribution in [0.4, 0.5) is 0 Å². The Hall–Kier alpha value is -2.89. The lowest BCUT2D eigenvalue weighted by molar-refractivity contribution is 0.0751. The largest absolute Gasteiger partial charge is 0.493 e. The number of fused-ring (bicyclic) bond motifs is 1. The zero-order valence-corrected chi connectivity index (χ0v) is 15.3. The van der Waals surface area contributed by atoms with Crippen LogP contribution in [0.5, 0.6) is 23.0 Å². The number of amides is 1. The first-order valence-corrected chi connectivity index (χ1v) is 8.56. The molecule has 26 heavy (non-hydrogen) atoms. The summed E-state index contributed by atoms with van der Waals surface area (Å²) < 4.78 is 21.7. The highest BCUT2D eigenvalue weighted by molar-refractivity contribution is 5.95. The minimum Gasteiger partial charge on any atom is -0.493 e. The molecule has 0 unspecified atom stereocenters. The number of nitrogens with zero attached hydrogens (tertiary/aromatic N) is 1. The van der Waals surface area contributed by atoms with E-state index in [0.717, 1.165) is 5.56 Å². The molecule has 2 aromatic rings. The second-order valence-corrected chi connectivity index (χ2v) is 5.87. The Kier molecular flexibility index (Phi) is 5.51. The van der Waals surface area contributed by atoms with E-state index in [4.69, 9.17) is 18.9 Å². The number of methoxy groups -OCH3 is 2. The Morgan fingerprint density at radius 3 is 2.42 bits per heavy atom. The van der Waals surface area contributed by atoms with Gasteiger partial charge in [0.25, 0.3) is 5.91 Å². The van der Waals surface area contributed by atoms with Crippen LogP contribution in [0, 0.1) is 0 Å². The molecule has 1 aliphatic heterocycles. The van der Waals surface area contributed by atoms with E-state index >= 15 is 0 Å². The quantitative estimate of drug-likeness (QED) is 0.795. The third kappa shape index (κ3) is 3.69. The van der Waals surface area contributed by atoms with Crippen molar-refractivity contribution >= 4 is 5.91 Å². The van der Waals surface area contributed by atoms with Crippen LogP contribution in [0.3, 0.4) is 0 Å². The highest BCUT2D eigenvalue weighted by Crippen LogP contribution is 2.32. The predicted molar refractivity (Wildman–Crippen MR) is 97.4 cm³/mol. The van der Waals surface area contributed by atoms with Gasteiger partial charge in [0, 0.05) is 18.7 Å². The molecule has 1 amide bonds. The maximum absolute atomic E-state index is 12.9. The molecular formula is C20H23NO5. The molecule has 0 fully saturated rings. The molecule has 0 aliphatic carbocycles. The Morgan fingerprint density at radius 1 is 1.00 bits per heavy atom. The van der Waals surface area contributed by atoms with Crippen LogP contribution in [0.1, 0.15) is 22.8 Å². The molecule has 6 nitrogen and oxygen atoms in total. The van der Waals surface area contributed by atoms with Crippen LogP contribution in [-0.4, -0.2) is 44.8 Å². The molecular weight excluding hydrogens is 334 g/mol. The first kappa shape index (κ1) is 17.9. The minimum absolute atomic E-state index is 0.0562. The van der Waals surface area contributed by atoms with Gasteiger partial charge >= 0.3 is 0 Å². The summed E-state index contributed by atoms with van der Waals surface area (Å²) in [7, 11) is 3.20. The number of carbonyl (C=O) groups excluding carboxylic acids is 1. The molecule has 0 atom stereocenters. The van der Waals surface area contributed by atoms with Crippen LogP contribution in [0.2, 0.25) is 0 Å². The Labute approximate surface area is 153 Å². The van der Waals surface area contributed by atoms with Gasteiger partial charge in [-0.1, -0.05) is 6.07 Å². The first-order chi connectivity index (χ1) is 12.7. The second-order valence-electron chi connectivity index (χ2n) is 5.87. The molecule has 138 valence electrons. The molecule has 1 aliphatic rings. The number of rotatable bonds is 6. The first-order valence-electron chi connectivity index (χ1n) is 8.56. The topological polar surface area (TPSA) is 57.2 Å². The third-order valence-corrected chi connectivity index (χ3v) is 4.28. The number of ether oxygens (including phenoxy) is 4. The fraction of sp³-hybridized carbons (Fsp3) is 0.350. The highest BCUT2D eigenvalue weighted by Gasteiger charge is 2.19. The normalized spacial score (nSPS) is 12.4. The van der Waals surface area contributed by atoms with Crippen molar-refractivity contribution in [2.45, 2.75) is 13.5 Å². The lowest BCUT2D eigenvalue weighted by Gasteiger charge is -2.23. The molecule has 0 radical (unpaired) electrons. The van der Waals surface area contributed by atoms with E-state index in [1.807, 2.05) is 25.1 Å². The van der Waals surface area contributed by atoms with Gasteiger partial charge < -0.3 is 23.8 Å². The fourth-order valence-corrected chi connectivity index (χ4v) is 2.89. The van der Waals surface area contributed by atoms with E-state index in [1.54, 1.807) is 37.3 Å². The molecule has 0 saturated carbocycles. The molecule has 0 bridgehead atoms. The Balaban J connectivity index is 1.79. The molecule has 0 aromatic heterocycles. The Bertz CT molecular complexity index is 790. The zero-order valence-electron chi connectivity index (χ0n) is 15.3. The summed E-state index contributed by atoms with van der Waals surface area (Å²) in [6.07, 6.45) is 0. The molecule has 3 rings (SSSR count). The van der Waals surface area contributed by atoms with E-state index in [2.05, 4.69) is 0 Å². The number of benzene rings is 2. The van der Waals surface area contributed by atoms with Crippen LogP contribution in [-0.2, 0) is 6.54 Å². The van der Waals surface area contributed by atoms with E-state index in [9.17, 15) is 4.79 Å². The molecule has 6 heteroatoms. The number of carbonyl (C=O) groups is 1. The summed E-state index contributed by atoms with van der Waals surface area (Å²) in [4.78, 5) is 14.7. The SMILES string of the molecule is CCN(Cc1ccc(OC)c(OC)c1)C(=O)c1ccc2c(c1)OCCO2. The summed E-state index contributed by atoms with van der Waals surface area (Å²) in [5.41, 5.74) is 1.55. The molecule has 0 saturated heterocycles. The lowest BCUT2D eigenvalue weighted by Crippen LogP contribution is -2.30. The summed E-state index contributed by atoms with van der Waals surface area (Å²) in [6, 6.07) is 11.0. The van der Waals surface area contributed by atoms with Gasteiger partial charge in [0.2, 0.25) is 0 Å². The van der Waals surface area contributed by atoms with Gasteiger partial charge in [0.05, 0.1) is 14.2 Å². The Morgan fingerprint density at radius 2 is 1.73 bits per heavy atom. The van der Waals surface area contributed by atoms with Gasteiger partial charge in [-0.15, -0.1) is 0 Å². The van der Waals surface area contributed by atoms with Crippen LogP contribution in [0.25, 0.3) is 0 Å². The van der Waals surface area contributed by atoms with E-state index in [1.165, 1.54) is 0 Å². The third-order valence-electron chi connectivity index (χ3n) is 4.28. The van der Waals surface area contributed by atoms with Crippen molar-refractivity contribution in [1.82, 2.24) is 4.90 Å². The van der Waals surface area contributed by atoms with Crippen molar-refractivity contribution in [3.05, 3.63) is 47.5 Å². The van der Waals surface area contributed by atoms with E-state index in [-0.39, 0.29) is 5.91 Å². The average molecular weight is 357 g/mol. The van der Waals surface area contributed by atoms with Crippen molar-refractivity contribution in [1.29, 1.82) is 0 Å². The van der Waals surface area contributed by atoms with Crippen molar-refractivity contribution in [2.75, 3.05) is 34.0 Å². The van der Waals surface area contributed by atoms with E-state index in [0.29, 0.717) is 54.9 Å². The number of hydrogen-bond acceptors (Lipinski definition) is 5. The van der Waals surface area contributed by atoms with Gasteiger partial charge in [0.15, 0.2) is 23.0 Å². The summed E-state index contributed by atoms with van der Waals surface area (Å²) >= 11 is 0. The number of hydrogen-bond donors (Lipinski definition) is 0. The van der Waals surface area contributed by atoms with Gasteiger partial charge in [-0.2, -0.15) is 0 Å². The monoisotopic (exact) mass is 357 g/mol. The maximum Gasteiger partial charge on any atom is 0.254 e. The highest BCUT2D eigenvalue weighted by atomic mass is 16.6. The van der Waals surface area contributed by atoms with Crippen LogP contribution >= 0.6 is 0 Å². The molecule has 1 heterocycles. The smallest absolute Gasteiger partial charge is 0.254 e. The molecule has 0 spiro atoms. The summed E-state index contributed by atoms with van der Waals surface area (Å²) in [5, 5.41) is 0. The van der Waals surface area contributed by atoms with Crippen molar-refractivity contribution in [3.8, 4) is 23.0 Å². The summed E-state index contributed by atoms with van der Waals surface area (Å²) in [6.45, 7) is 4.04. The molecule has 0 N–H and O–H groups in total. The zero-order chi connectivity index (χ0) is 18.5. The van der Waals surface area contributed by atoms with Crippen molar-refractivity contribution in [2.24, 2.45) is 0 Å². The van der Waals surface area contributed by atoms with Crippen molar-refractivity contribution in [3.63, 3.8) is 0 Å². The van der Waals surface area contributed by atoms with Crippen LogP contribution in [0.15, 0.2) is 36.4 Å². The summed E-state index contributed by atoms with van der Waals surface area (Å²) in [5.74, 6) is 2.55. The maximum atomic E-state index is 12.9. The van der Waals surface area contributed by atoms with E-state index < -0.39 is 0 Å². The van der Waals surface area contributed by atoms with Gasteiger partial charge in [-0.05, 0) is 42.8 Å². The van der Waals surface area contributed by atoms with Crippen LogP contribution < -0.4 is 18.9 Å². The second kappa shape index (κ2) is 7.99. The standard InChI is InChI=1S/C20H23NO5/c1-4-21(13-14-5-7-16(23-2)18(11-14)24-3)20(22)15-6-8-17-19(12-15)26-10-9-25-17/h5-8,11-12H,4,9-10,13H2,1-3H3. The molecule has 2 aromatic carbocycles. The van der Waals surface area contributed by atoms with Gasteiger partial charge in [-0.25, -0.2) is 0 Å². The van der Waals surface area contributed by atoms with Gasteiger partial charge in [0.1, 0.15) is 13.2 Å². The minimum atomic E-state index is -0.0562. The van der Waals surface area contributed by atoms with Gasteiger partial charge in [-0.3, -0.25) is 4.79 Å². The predicted octanol–water partition coefficient (Wildman–Crippen LogP) is 3.14.